The summed E-state index contributed by atoms with van der Waals surface area (Å²) in [4.78, 5) is 10.1. The number of nitrogens with zero attached hydrogens (tertiary/aromatic N) is 4. The normalized spacial score (nSPS) is 13.8. The lowest BCUT2D eigenvalue weighted by Gasteiger charge is -2.32. The molecule has 0 radical (unpaired) electrons. The van der Waals surface area contributed by atoms with Crippen molar-refractivity contribution in [2.45, 2.75) is 143 Å². The highest BCUT2D eigenvalue weighted by Crippen LogP contribution is 2.50. The highest BCUT2D eigenvalue weighted by atomic mass is 16.5. The molecule has 0 fully saturated rings. The average Bonchev–Trinajstić information content (AvgIpc) is 3.92. The molecule has 0 saturated carbocycles. The molecule has 75 heavy (non-hydrogen) atoms. The SMILES string of the molecule is CC(C)(C)c1cc(N2CN(c3cc(Oc4cc(C(C)(C)C)c5c6ccccc6n(-c6cc(C(C)(C)C)ccn6)c5c4)cc(C(C)(C)c4ccccc4)c3)c3ccc(C(C)(C)C)cc32)cc(C(C)(C)c2ccccc2)c1. The fourth-order valence-corrected chi connectivity index (χ4v) is 11.0. The van der Waals surface area contributed by atoms with E-state index in [4.69, 9.17) is 9.72 Å². The lowest BCUT2D eigenvalue weighted by atomic mass is 9.75. The first kappa shape index (κ1) is 51.4. The molecule has 0 aliphatic carbocycles. The maximum Gasteiger partial charge on any atom is 0.137 e. The van der Waals surface area contributed by atoms with Crippen LogP contribution in [-0.2, 0) is 32.5 Å². The van der Waals surface area contributed by atoms with Crippen LogP contribution in [0, 0.1) is 0 Å². The van der Waals surface area contributed by atoms with E-state index < -0.39 is 0 Å². The molecule has 5 nitrogen and oxygen atoms in total. The van der Waals surface area contributed by atoms with Gasteiger partial charge in [-0.15, -0.1) is 0 Å². The van der Waals surface area contributed by atoms with Gasteiger partial charge in [-0.2, -0.15) is 0 Å². The number of benzene rings is 7. The van der Waals surface area contributed by atoms with Crippen LogP contribution in [0.5, 0.6) is 11.5 Å². The Morgan fingerprint density at radius 3 is 1.51 bits per heavy atom. The molecule has 0 unspecified atom stereocenters. The highest BCUT2D eigenvalue weighted by molar-refractivity contribution is 6.11. The van der Waals surface area contributed by atoms with E-state index in [1.807, 2.05) is 6.20 Å². The zero-order valence-corrected chi connectivity index (χ0v) is 47.6. The number of para-hydroxylation sites is 1. The summed E-state index contributed by atoms with van der Waals surface area (Å²) < 4.78 is 9.74. The fraction of sp³-hybridized carbons (Fsp3) is 0.329. The Kier molecular flexibility index (Phi) is 12.6. The van der Waals surface area contributed by atoms with Gasteiger partial charge in [0.15, 0.2) is 0 Å². The van der Waals surface area contributed by atoms with Crippen molar-refractivity contribution in [3.05, 3.63) is 214 Å². The van der Waals surface area contributed by atoms with E-state index in [0.29, 0.717) is 6.67 Å². The molecule has 9 aromatic rings. The highest BCUT2D eigenvalue weighted by Gasteiger charge is 2.35. The van der Waals surface area contributed by atoms with Crippen molar-refractivity contribution in [3.63, 3.8) is 0 Å². The summed E-state index contributed by atoms with van der Waals surface area (Å²) in [6, 6.07) is 60.9. The van der Waals surface area contributed by atoms with Crippen LogP contribution in [0.2, 0.25) is 0 Å². The first-order valence-electron chi connectivity index (χ1n) is 27.0. The molecule has 5 heteroatoms. The fourth-order valence-electron chi connectivity index (χ4n) is 11.0. The van der Waals surface area contributed by atoms with Gasteiger partial charge >= 0.3 is 0 Å². The molecule has 384 valence electrons. The van der Waals surface area contributed by atoms with Crippen molar-refractivity contribution < 1.29 is 4.74 Å². The number of anilines is 4. The second-order valence-electron chi connectivity index (χ2n) is 26.4. The van der Waals surface area contributed by atoms with Gasteiger partial charge in [-0.3, -0.25) is 4.57 Å². The van der Waals surface area contributed by atoms with Gasteiger partial charge in [0.05, 0.1) is 22.4 Å². The molecular formula is C70H78N4O. The zero-order valence-electron chi connectivity index (χ0n) is 47.6. The van der Waals surface area contributed by atoms with Gasteiger partial charge in [0.2, 0.25) is 0 Å². The van der Waals surface area contributed by atoms with Crippen LogP contribution in [0.3, 0.4) is 0 Å². The van der Waals surface area contributed by atoms with Gasteiger partial charge in [0, 0.05) is 51.3 Å². The van der Waals surface area contributed by atoms with Gasteiger partial charge in [-0.05, 0) is 127 Å². The monoisotopic (exact) mass is 991 g/mol. The van der Waals surface area contributed by atoms with E-state index in [9.17, 15) is 0 Å². The maximum absolute atomic E-state index is 7.40. The predicted molar refractivity (Wildman–Crippen MR) is 319 cm³/mol. The van der Waals surface area contributed by atoms with Gasteiger partial charge in [0.25, 0.3) is 0 Å². The summed E-state index contributed by atoms with van der Waals surface area (Å²) in [5.41, 5.74) is 16.0. The first-order chi connectivity index (χ1) is 35.2. The van der Waals surface area contributed by atoms with Crippen molar-refractivity contribution in [1.82, 2.24) is 9.55 Å². The standard InChI is InChI=1S/C70H78N4O/c1-65(2,3)48-31-32-60-61(40-48)73(53-36-50(67(7,8)9)35-51(37-53)69(13,14)46-25-19-17-20-26-46)45-72(60)54-38-52(70(15,16)47-27-21-18-22-28-47)39-55(42-54)75-56-43-58(68(10,11)12)64-57-29-23-24-30-59(57)74(62(64)44-56)63-41-49(33-34-71-63)66(4,5)6/h17-44H,45H2,1-16H3. The summed E-state index contributed by atoms with van der Waals surface area (Å²) in [6.07, 6.45) is 1.95. The third-order valence-electron chi connectivity index (χ3n) is 16.1. The minimum atomic E-state index is -0.358. The van der Waals surface area contributed by atoms with E-state index in [1.54, 1.807) is 0 Å². The third kappa shape index (κ3) is 9.64. The van der Waals surface area contributed by atoms with Crippen LogP contribution in [0.4, 0.5) is 22.7 Å². The molecule has 1 aliphatic heterocycles. The second-order valence-corrected chi connectivity index (χ2v) is 26.4. The number of aromatic nitrogens is 2. The minimum absolute atomic E-state index is 0.0437. The number of fused-ring (bicyclic) bond motifs is 4. The quantitative estimate of drug-likeness (QED) is 0.144. The minimum Gasteiger partial charge on any atom is -0.457 e. The van der Waals surface area contributed by atoms with Crippen molar-refractivity contribution in [1.29, 1.82) is 0 Å². The first-order valence-corrected chi connectivity index (χ1v) is 27.0. The van der Waals surface area contributed by atoms with E-state index >= 15 is 0 Å². The molecule has 0 amide bonds. The Morgan fingerprint density at radius 2 is 0.907 bits per heavy atom. The van der Waals surface area contributed by atoms with E-state index in [2.05, 4.69) is 289 Å². The Labute approximate surface area is 448 Å². The van der Waals surface area contributed by atoms with Crippen molar-refractivity contribution >= 4 is 44.6 Å². The number of rotatable bonds is 9. The second kappa shape index (κ2) is 18.3. The molecule has 0 N–H and O–H groups in total. The van der Waals surface area contributed by atoms with Crippen LogP contribution < -0.4 is 14.5 Å². The van der Waals surface area contributed by atoms with Crippen LogP contribution in [0.25, 0.3) is 27.6 Å². The molecule has 3 heterocycles. The topological polar surface area (TPSA) is 33.5 Å². The summed E-state index contributed by atoms with van der Waals surface area (Å²) in [6.45, 7) is 37.7. The number of ether oxygens (including phenoxy) is 1. The molecule has 0 saturated heterocycles. The lowest BCUT2D eigenvalue weighted by molar-refractivity contribution is 0.477. The van der Waals surface area contributed by atoms with Gasteiger partial charge in [-0.1, -0.05) is 202 Å². The number of hydrogen-bond donors (Lipinski definition) is 0. The Morgan fingerprint density at radius 1 is 0.387 bits per heavy atom. The largest absolute Gasteiger partial charge is 0.457 e. The van der Waals surface area contributed by atoms with Crippen molar-refractivity contribution in [2.75, 3.05) is 16.5 Å². The Hall–Kier alpha value is -7.11. The Bertz CT molecular complexity index is 3590. The summed E-state index contributed by atoms with van der Waals surface area (Å²) >= 11 is 0. The number of hydrogen-bond acceptors (Lipinski definition) is 4. The van der Waals surface area contributed by atoms with Crippen LogP contribution in [-0.4, -0.2) is 16.2 Å². The summed E-state index contributed by atoms with van der Waals surface area (Å²) in [5.74, 6) is 2.47. The van der Waals surface area contributed by atoms with Gasteiger partial charge in [0.1, 0.15) is 24.0 Å². The van der Waals surface area contributed by atoms with Crippen LogP contribution in [0.1, 0.15) is 155 Å². The van der Waals surface area contributed by atoms with Gasteiger partial charge in [-0.25, -0.2) is 4.98 Å². The molecule has 0 bridgehead atoms. The zero-order chi connectivity index (χ0) is 53.6. The van der Waals surface area contributed by atoms with E-state index in [0.717, 1.165) is 34.0 Å². The molecule has 0 spiro atoms. The number of pyridine rings is 1. The molecule has 0 atom stereocenters. The summed E-state index contributed by atoms with van der Waals surface area (Å²) in [7, 11) is 0. The lowest BCUT2D eigenvalue weighted by Crippen LogP contribution is -2.27. The average molecular weight is 991 g/mol. The van der Waals surface area contributed by atoms with Gasteiger partial charge < -0.3 is 14.5 Å². The smallest absolute Gasteiger partial charge is 0.137 e. The molecule has 2 aromatic heterocycles. The van der Waals surface area contributed by atoms with Crippen LogP contribution >= 0.6 is 0 Å². The molecule has 10 rings (SSSR count). The van der Waals surface area contributed by atoms with Crippen molar-refractivity contribution in [3.8, 4) is 17.3 Å². The van der Waals surface area contributed by atoms with Crippen LogP contribution in [0.15, 0.2) is 170 Å². The molecular weight excluding hydrogens is 913 g/mol. The Balaban J connectivity index is 1.17. The van der Waals surface area contributed by atoms with Crippen molar-refractivity contribution in [2.24, 2.45) is 0 Å². The summed E-state index contributed by atoms with van der Waals surface area (Å²) in [5, 5.41) is 2.43. The maximum atomic E-state index is 7.40. The van der Waals surface area contributed by atoms with E-state index in [-0.39, 0.29) is 32.5 Å². The van der Waals surface area contributed by atoms with E-state index in [1.165, 1.54) is 72.3 Å². The predicted octanol–water partition coefficient (Wildman–Crippen LogP) is 19.1. The molecule has 1 aliphatic rings. The third-order valence-corrected chi connectivity index (χ3v) is 16.1. The molecule has 7 aromatic carbocycles.